The van der Waals surface area contributed by atoms with Crippen molar-refractivity contribution >= 4 is 11.8 Å². The van der Waals surface area contributed by atoms with E-state index in [-0.39, 0.29) is 11.6 Å². The highest BCUT2D eigenvalue weighted by Crippen LogP contribution is 2.39. The number of aryl methyl sites for hydroxylation is 1. The number of carbonyl (C=O) groups excluding carboxylic acids is 2. The molecule has 184 valence electrons. The zero-order chi connectivity index (χ0) is 25.1. The van der Waals surface area contributed by atoms with Crippen molar-refractivity contribution in [2.75, 3.05) is 19.6 Å². The van der Waals surface area contributed by atoms with E-state index in [1.807, 2.05) is 13.0 Å². The van der Waals surface area contributed by atoms with Crippen LogP contribution in [-0.4, -0.2) is 41.5 Å². The summed E-state index contributed by atoms with van der Waals surface area (Å²) in [6, 6.07) is 12.6. The largest absolute Gasteiger partial charge is 0.364 e. The monoisotopic (exact) mass is 474 g/mol. The van der Waals surface area contributed by atoms with Crippen LogP contribution in [0.1, 0.15) is 65.9 Å². The molecule has 3 N–H and O–H groups in total. The number of primary amides is 1. The maximum Gasteiger partial charge on any atom is 0.271 e. The van der Waals surface area contributed by atoms with Gasteiger partial charge in [-0.25, -0.2) is 0 Å². The van der Waals surface area contributed by atoms with Crippen molar-refractivity contribution in [2.24, 2.45) is 5.73 Å². The molecular weight excluding hydrogens is 440 g/mol. The summed E-state index contributed by atoms with van der Waals surface area (Å²) in [4.78, 5) is 25.7. The molecule has 0 saturated heterocycles. The summed E-state index contributed by atoms with van der Waals surface area (Å²) in [5, 5.41) is 6.93. The number of carbonyl (C=O) groups is 2. The number of amides is 2. The number of hydrogen-bond acceptors (Lipinski definition) is 5. The van der Waals surface area contributed by atoms with Crippen molar-refractivity contribution in [1.29, 1.82) is 0 Å². The van der Waals surface area contributed by atoms with Gasteiger partial charge in [0, 0.05) is 38.7 Å². The number of fused-ring (bicyclic) bond motifs is 1. The Hall–Kier alpha value is -3.45. The van der Waals surface area contributed by atoms with Gasteiger partial charge in [0.25, 0.3) is 5.91 Å². The average Bonchev–Trinajstić information content (AvgIpc) is 3.27. The summed E-state index contributed by atoms with van der Waals surface area (Å²) < 4.78 is 5.76. The second-order valence-electron chi connectivity index (χ2n) is 9.67. The lowest BCUT2D eigenvalue weighted by atomic mass is 9.90. The number of aromatic nitrogens is 1. The third kappa shape index (κ3) is 5.46. The van der Waals surface area contributed by atoms with Gasteiger partial charge in [0.2, 0.25) is 5.91 Å². The molecule has 4 rings (SSSR count). The van der Waals surface area contributed by atoms with E-state index in [0.717, 1.165) is 49.2 Å². The van der Waals surface area contributed by atoms with E-state index in [0.29, 0.717) is 23.8 Å². The lowest BCUT2D eigenvalue weighted by Crippen LogP contribution is -2.33. The van der Waals surface area contributed by atoms with E-state index < -0.39 is 5.91 Å². The van der Waals surface area contributed by atoms with Gasteiger partial charge in [-0.1, -0.05) is 49.3 Å². The predicted molar refractivity (Wildman–Crippen MR) is 137 cm³/mol. The first kappa shape index (κ1) is 24.7. The Morgan fingerprint density at radius 1 is 1.17 bits per heavy atom. The van der Waals surface area contributed by atoms with Gasteiger partial charge in [-0.15, -0.1) is 0 Å². The minimum absolute atomic E-state index is 0.0103. The molecule has 0 fully saturated rings. The summed E-state index contributed by atoms with van der Waals surface area (Å²) in [5.41, 5.74) is 13.1. The Balaban J connectivity index is 1.64. The number of rotatable bonds is 8. The smallest absolute Gasteiger partial charge is 0.271 e. The number of nitrogens with one attached hydrogen (secondary N) is 1. The SMILES string of the molecule is CC(=O)NCCCN1CCc2cc(-c3c(C(N)=O)noc3-c3cc(C(C)C)ccc3C)ccc2C1. The first-order chi connectivity index (χ1) is 16.7. The van der Waals surface area contributed by atoms with Crippen molar-refractivity contribution in [3.05, 3.63) is 64.3 Å². The van der Waals surface area contributed by atoms with Gasteiger partial charge < -0.3 is 15.6 Å². The maximum atomic E-state index is 12.3. The fourth-order valence-corrected chi connectivity index (χ4v) is 4.68. The molecule has 0 radical (unpaired) electrons. The summed E-state index contributed by atoms with van der Waals surface area (Å²) in [6.07, 6.45) is 1.84. The van der Waals surface area contributed by atoms with Gasteiger partial charge in [-0.05, 0) is 59.6 Å². The van der Waals surface area contributed by atoms with Crippen LogP contribution in [0.25, 0.3) is 22.5 Å². The summed E-state index contributed by atoms with van der Waals surface area (Å²) in [5.74, 6) is 0.349. The Bertz CT molecular complexity index is 1240. The van der Waals surface area contributed by atoms with Crippen molar-refractivity contribution in [2.45, 2.75) is 53.0 Å². The topological polar surface area (TPSA) is 101 Å². The molecule has 7 heteroatoms. The molecular formula is C28H34N4O3. The molecule has 1 aliphatic rings. The highest BCUT2D eigenvalue weighted by Gasteiger charge is 2.26. The molecule has 0 saturated carbocycles. The summed E-state index contributed by atoms with van der Waals surface area (Å²) in [7, 11) is 0. The molecule has 7 nitrogen and oxygen atoms in total. The first-order valence-corrected chi connectivity index (χ1v) is 12.2. The third-order valence-electron chi connectivity index (χ3n) is 6.71. The highest BCUT2D eigenvalue weighted by molar-refractivity contribution is 6.01. The van der Waals surface area contributed by atoms with E-state index >= 15 is 0 Å². The van der Waals surface area contributed by atoms with Crippen LogP contribution in [0.5, 0.6) is 0 Å². The van der Waals surface area contributed by atoms with Crippen LogP contribution >= 0.6 is 0 Å². The molecule has 1 aliphatic heterocycles. The zero-order valence-corrected chi connectivity index (χ0v) is 21.0. The zero-order valence-electron chi connectivity index (χ0n) is 21.0. The second-order valence-corrected chi connectivity index (χ2v) is 9.67. The van der Waals surface area contributed by atoms with Crippen LogP contribution in [-0.2, 0) is 17.8 Å². The molecule has 0 atom stereocenters. The molecule has 0 unspecified atom stereocenters. The van der Waals surface area contributed by atoms with E-state index in [2.05, 4.69) is 59.6 Å². The van der Waals surface area contributed by atoms with Crippen molar-refractivity contribution in [3.8, 4) is 22.5 Å². The van der Waals surface area contributed by atoms with E-state index in [1.54, 1.807) is 6.92 Å². The fraction of sp³-hybridized carbons (Fsp3) is 0.393. The minimum Gasteiger partial charge on any atom is -0.364 e. The Labute approximate surface area is 206 Å². The molecule has 2 aromatic carbocycles. The fourth-order valence-electron chi connectivity index (χ4n) is 4.68. The van der Waals surface area contributed by atoms with Crippen molar-refractivity contribution < 1.29 is 14.1 Å². The molecule has 3 aromatic rings. The van der Waals surface area contributed by atoms with Crippen molar-refractivity contribution in [3.63, 3.8) is 0 Å². The van der Waals surface area contributed by atoms with Crippen LogP contribution < -0.4 is 11.1 Å². The number of nitrogens with zero attached hydrogens (tertiary/aromatic N) is 2. The second kappa shape index (κ2) is 10.4. The van der Waals surface area contributed by atoms with Gasteiger partial charge in [-0.2, -0.15) is 0 Å². The van der Waals surface area contributed by atoms with Gasteiger partial charge in [0.15, 0.2) is 11.5 Å². The van der Waals surface area contributed by atoms with Crippen molar-refractivity contribution in [1.82, 2.24) is 15.4 Å². The molecule has 1 aromatic heterocycles. The number of nitrogens with two attached hydrogens (primary N) is 1. The number of hydrogen-bond donors (Lipinski definition) is 2. The van der Waals surface area contributed by atoms with Gasteiger partial charge in [-0.3, -0.25) is 14.5 Å². The molecule has 0 spiro atoms. The first-order valence-electron chi connectivity index (χ1n) is 12.2. The minimum atomic E-state index is -0.601. The van der Waals surface area contributed by atoms with Gasteiger partial charge in [0.05, 0.1) is 5.56 Å². The lowest BCUT2D eigenvalue weighted by molar-refractivity contribution is -0.118. The van der Waals surface area contributed by atoms with E-state index in [4.69, 9.17) is 10.3 Å². The predicted octanol–water partition coefficient (Wildman–Crippen LogP) is 4.42. The Kier molecular flexibility index (Phi) is 7.36. The Morgan fingerprint density at radius 2 is 1.97 bits per heavy atom. The van der Waals surface area contributed by atoms with Crippen LogP contribution in [0.15, 0.2) is 40.9 Å². The van der Waals surface area contributed by atoms with Crippen LogP contribution in [0.2, 0.25) is 0 Å². The van der Waals surface area contributed by atoms with Crippen LogP contribution in [0.3, 0.4) is 0 Å². The summed E-state index contributed by atoms with van der Waals surface area (Å²) >= 11 is 0. The maximum absolute atomic E-state index is 12.3. The quantitative estimate of drug-likeness (QED) is 0.471. The molecule has 2 amide bonds. The van der Waals surface area contributed by atoms with Gasteiger partial charge in [0.1, 0.15) is 0 Å². The molecule has 2 heterocycles. The third-order valence-corrected chi connectivity index (χ3v) is 6.71. The molecule has 35 heavy (non-hydrogen) atoms. The molecule has 0 aliphatic carbocycles. The van der Waals surface area contributed by atoms with E-state index in [9.17, 15) is 9.59 Å². The lowest BCUT2D eigenvalue weighted by Gasteiger charge is -2.29. The van der Waals surface area contributed by atoms with Crippen LogP contribution in [0.4, 0.5) is 0 Å². The standard InChI is InChI=1S/C28H34N4O3/c1-17(2)20-7-6-18(3)24(15-20)27-25(26(28(29)34)31-35-27)22-8-9-23-16-32(13-10-21(23)14-22)12-5-11-30-19(4)33/h6-9,14-15,17H,5,10-13,16H2,1-4H3,(H2,29,34)(H,30,33). The summed E-state index contributed by atoms with van der Waals surface area (Å²) in [6.45, 7) is 11.3. The normalized spacial score (nSPS) is 13.6. The highest BCUT2D eigenvalue weighted by atomic mass is 16.5. The molecule has 0 bridgehead atoms. The average molecular weight is 475 g/mol. The van der Waals surface area contributed by atoms with Crippen LogP contribution in [0, 0.1) is 6.92 Å². The number of benzene rings is 2. The Morgan fingerprint density at radius 3 is 2.69 bits per heavy atom. The van der Waals surface area contributed by atoms with E-state index in [1.165, 1.54) is 16.7 Å². The van der Waals surface area contributed by atoms with Gasteiger partial charge >= 0.3 is 0 Å².